The Morgan fingerprint density at radius 1 is 1.08 bits per heavy atom. The SMILES string of the molecule is COCCN1C(=O)C(CCC2CCCCC2)(CC2CCCCC2)N=C1N. The topological polar surface area (TPSA) is 67.9 Å². The lowest BCUT2D eigenvalue weighted by Crippen LogP contribution is -2.46. The molecule has 3 aliphatic rings. The van der Waals surface area contributed by atoms with Gasteiger partial charge in [0, 0.05) is 7.11 Å². The first-order valence-electron chi connectivity index (χ1n) is 10.8. The lowest BCUT2D eigenvalue weighted by molar-refractivity contribution is -0.132. The number of ether oxygens (including phenoxy) is 1. The number of aliphatic imine (C=N–C) groups is 1. The molecule has 0 bridgehead atoms. The third kappa shape index (κ3) is 4.59. The minimum absolute atomic E-state index is 0.133. The van der Waals surface area contributed by atoms with E-state index in [0.29, 0.717) is 25.0 Å². The van der Waals surface area contributed by atoms with Crippen LogP contribution in [0.15, 0.2) is 4.99 Å². The van der Waals surface area contributed by atoms with E-state index in [1.807, 2.05) is 0 Å². The summed E-state index contributed by atoms with van der Waals surface area (Å²) in [5.41, 5.74) is 5.60. The largest absolute Gasteiger partial charge is 0.383 e. The predicted octanol–water partition coefficient (Wildman–Crippen LogP) is 3.86. The van der Waals surface area contributed by atoms with Gasteiger partial charge in [0.05, 0.1) is 13.2 Å². The highest BCUT2D eigenvalue weighted by atomic mass is 16.5. The van der Waals surface area contributed by atoms with Gasteiger partial charge in [-0.2, -0.15) is 0 Å². The first-order valence-corrected chi connectivity index (χ1v) is 10.8. The minimum Gasteiger partial charge on any atom is -0.383 e. The molecule has 5 nitrogen and oxygen atoms in total. The third-order valence-corrected chi connectivity index (χ3v) is 6.81. The van der Waals surface area contributed by atoms with Gasteiger partial charge in [-0.1, -0.05) is 64.2 Å². The first kappa shape index (κ1) is 19.7. The summed E-state index contributed by atoms with van der Waals surface area (Å²) in [7, 11) is 1.66. The Labute approximate surface area is 158 Å². The van der Waals surface area contributed by atoms with E-state index in [0.717, 1.165) is 25.2 Å². The molecule has 2 fully saturated rings. The summed E-state index contributed by atoms with van der Waals surface area (Å²) in [6, 6.07) is 0. The van der Waals surface area contributed by atoms with Gasteiger partial charge in [-0.3, -0.25) is 9.69 Å². The van der Waals surface area contributed by atoms with Crippen molar-refractivity contribution in [2.45, 2.75) is 89.0 Å². The van der Waals surface area contributed by atoms with Crippen molar-refractivity contribution in [1.29, 1.82) is 0 Å². The zero-order valence-corrected chi connectivity index (χ0v) is 16.5. The number of hydrogen-bond donors (Lipinski definition) is 1. The number of methoxy groups -OCH3 is 1. The van der Waals surface area contributed by atoms with Crippen LogP contribution in [0.1, 0.15) is 83.5 Å². The summed E-state index contributed by atoms with van der Waals surface area (Å²) in [5.74, 6) is 1.93. The summed E-state index contributed by atoms with van der Waals surface area (Å²) < 4.78 is 5.17. The molecule has 1 heterocycles. The molecule has 1 aliphatic heterocycles. The molecule has 0 aromatic rings. The quantitative estimate of drug-likeness (QED) is 0.712. The van der Waals surface area contributed by atoms with Crippen LogP contribution in [0.3, 0.4) is 0 Å². The summed E-state index contributed by atoms with van der Waals surface area (Å²) in [6.07, 6.45) is 16.0. The maximum atomic E-state index is 13.4. The summed E-state index contributed by atoms with van der Waals surface area (Å²) in [4.78, 5) is 19.9. The number of nitrogens with two attached hydrogens (primary N) is 1. The predicted molar refractivity (Wildman–Crippen MR) is 105 cm³/mol. The second-order valence-electron chi connectivity index (χ2n) is 8.70. The minimum atomic E-state index is -0.600. The second-order valence-corrected chi connectivity index (χ2v) is 8.70. The molecule has 1 atom stereocenters. The molecule has 2 saturated carbocycles. The van der Waals surface area contributed by atoms with Crippen molar-refractivity contribution in [3.63, 3.8) is 0 Å². The third-order valence-electron chi connectivity index (χ3n) is 6.81. The first-order chi connectivity index (χ1) is 12.6. The molecular weight excluding hydrogens is 326 g/mol. The van der Waals surface area contributed by atoms with E-state index >= 15 is 0 Å². The van der Waals surface area contributed by atoms with Crippen LogP contribution in [0, 0.1) is 11.8 Å². The lowest BCUT2D eigenvalue weighted by atomic mass is 9.75. The van der Waals surface area contributed by atoms with E-state index in [9.17, 15) is 4.79 Å². The Morgan fingerprint density at radius 3 is 2.31 bits per heavy atom. The molecule has 2 aliphatic carbocycles. The number of guanidine groups is 1. The number of hydrogen-bond acceptors (Lipinski definition) is 4. The van der Waals surface area contributed by atoms with Gasteiger partial charge in [0.15, 0.2) is 5.96 Å². The Bertz CT molecular complexity index is 495. The Kier molecular flexibility index (Phi) is 6.96. The maximum absolute atomic E-state index is 13.4. The lowest BCUT2D eigenvalue weighted by Gasteiger charge is -2.33. The van der Waals surface area contributed by atoms with Crippen molar-refractivity contribution in [1.82, 2.24) is 4.90 Å². The van der Waals surface area contributed by atoms with Crippen molar-refractivity contribution in [3.8, 4) is 0 Å². The van der Waals surface area contributed by atoms with E-state index in [1.165, 1.54) is 64.2 Å². The van der Waals surface area contributed by atoms with Gasteiger partial charge in [0.1, 0.15) is 5.54 Å². The van der Waals surface area contributed by atoms with Crippen LogP contribution in [0.5, 0.6) is 0 Å². The molecule has 0 saturated heterocycles. The highest BCUT2D eigenvalue weighted by molar-refractivity contribution is 6.06. The summed E-state index contributed by atoms with van der Waals surface area (Å²) in [5, 5.41) is 0. The van der Waals surface area contributed by atoms with Crippen molar-refractivity contribution in [3.05, 3.63) is 0 Å². The zero-order chi connectivity index (χ0) is 18.4. The van der Waals surface area contributed by atoms with E-state index in [1.54, 1.807) is 12.0 Å². The van der Waals surface area contributed by atoms with E-state index in [4.69, 9.17) is 15.5 Å². The number of carbonyl (C=O) groups excluding carboxylic acids is 1. The fourth-order valence-electron chi connectivity index (χ4n) is 5.27. The number of carbonyl (C=O) groups is 1. The molecule has 26 heavy (non-hydrogen) atoms. The van der Waals surface area contributed by atoms with Crippen LogP contribution in [-0.2, 0) is 9.53 Å². The monoisotopic (exact) mass is 363 g/mol. The highest BCUT2D eigenvalue weighted by Gasteiger charge is 2.48. The highest BCUT2D eigenvalue weighted by Crippen LogP contribution is 2.40. The fraction of sp³-hybridized carbons (Fsp3) is 0.905. The molecule has 3 rings (SSSR count). The normalized spacial score (nSPS) is 28.6. The Hall–Kier alpha value is -1.10. The fourth-order valence-corrected chi connectivity index (χ4v) is 5.27. The second kappa shape index (κ2) is 9.20. The standard InChI is InChI=1S/C21H37N3O2/c1-26-15-14-24-19(25)21(23-20(24)22,16-18-10-6-3-7-11-18)13-12-17-8-4-2-5-9-17/h17-18H,2-16H2,1H3,(H2,22,23). The number of nitrogens with zero attached hydrogens (tertiary/aromatic N) is 2. The van der Waals surface area contributed by atoms with Crippen molar-refractivity contribution >= 4 is 11.9 Å². The molecule has 1 amide bonds. The van der Waals surface area contributed by atoms with Gasteiger partial charge in [-0.25, -0.2) is 4.99 Å². The van der Waals surface area contributed by atoms with Gasteiger partial charge < -0.3 is 10.5 Å². The van der Waals surface area contributed by atoms with E-state index < -0.39 is 5.54 Å². The molecule has 1 unspecified atom stereocenters. The van der Waals surface area contributed by atoms with Gasteiger partial charge in [0.25, 0.3) is 5.91 Å². The van der Waals surface area contributed by atoms with Crippen molar-refractivity contribution < 1.29 is 9.53 Å². The molecule has 5 heteroatoms. The zero-order valence-electron chi connectivity index (χ0n) is 16.5. The van der Waals surface area contributed by atoms with Crippen LogP contribution in [0.4, 0.5) is 0 Å². The number of amides is 1. The molecular formula is C21H37N3O2. The Balaban J connectivity index is 1.71. The van der Waals surface area contributed by atoms with Crippen LogP contribution < -0.4 is 5.73 Å². The smallest absolute Gasteiger partial charge is 0.257 e. The van der Waals surface area contributed by atoms with Gasteiger partial charge in [-0.15, -0.1) is 0 Å². The van der Waals surface area contributed by atoms with Crippen LogP contribution in [0.2, 0.25) is 0 Å². The van der Waals surface area contributed by atoms with Crippen LogP contribution in [-0.4, -0.2) is 42.6 Å². The molecule has 0 aromatic carbocycles. The van der Waals surface area contributed by atoms with Crippen molar-refractivity contribution in [2.24, 2.45) is 22.6 Å². The molecule has 148 valence electrons. The van der Waals surface area contributed by atoms with Crippen molar-refractivity contribution in [2.75, 3.05) is 20.3 Å². The van der Waals surface area contributed by atoms with Gasteiger partial charge in [-0.05, 0) is 31.1 Å². The maximum Gasteiger partial charge on any atom is 0.257 e. The average molecular weight is 364 g/mol. The Morgan fingerprint density at radius 2 is 1.69 bits per heavy atom. The van der Waals surface area contributed by atoms with Crippen LogP contribution in [0.25, 0.3) is 0 Å². The molecule has 2 N–H and O–H groups in total. The summed E-state index contributed by atoms with van der Waals surface area (Å²) >= 11 is 0. The van der Waals surface area contributed by atoms with Gasteiger partial charge in [0.2, 0.25) is 0 Å². The van der Waals surface area contributed by atoms with E-state index in [-0.39, 0.29) is 5.91 Å². The molecule has 0 radical (unpaired) electrons. The van der Waals surface area contributed by atoms with Gasteiger partial charge >= 0.3 is 0 Å². The number of rotatable bonds is 8. The summed E-state index contributed by atoms with van der Waals surface area (Å²) in [6.45, 7) is 1.02. The molecule has 0 spiro atoms. The molecule has 0 aromatic heterocycles. The van der Waals surface area contributed by atoms with Crippen LogP contribution >= 0.6 is 0 Å². The average Bonchev–Trinajstić information content (AvgIpc) is 2.90. The van der Waals surface area contributed by atoms with E-state index in [2.05, 4.69) is 0 Å².